The molecule has 0 radical (unpaired) electrons. The molecule has 0 saturated heterocycles. The van der Waals surface area contributed by atoms with Crippen molar-refractivity contribution in [3.63, 3.8) is 0 Å². The van der Waals surface area contributed by atoms with Crippen LogP contribution in [0.3, 0.4) is 0 Å². The minimum Gasteiger partial charge on any atom is -0.388 e. The Morgan fingerprint density at radius 1 is 1.15 bits per heavy atom. The largest absolute Gasteiger partial charge is 0.388 e. The fraction of sp³-hybridized carbons (Fsp3) is 0.263. The molecule has 0 saturated carbocycles. The molecule has 136 valence electrons. The van der Waals surface area contributed by atoms with Gasteiger partial charge in [0.05, 0.1) is 12.2 Å². The van der Waals surface area contributed by atoms with Crippen molar-refractivity contribution in [2.75, 3.05) is 14.1 Å². The summed E-state index contributed by atoms with van der Waals surface area (Å²) < 4.78 is 1.66. The van der Waals surface area contributed by atoms with Gasteiger partial charge in [0.15, 0.2) is 5.82 Å². The molecule has 1 atom stereocenters. The summed E-state index contributed by atoms with van der Waals surface area (Å²) in [7, 11) is 3.86. The molecule has 0 bridgehead atoms. The minimum absolute atomic E-state index is 0.252. The van der Waals surface area contributed by atoms with Crippen molar-refractivity contribution in [3.05, 3.63) is 76.3 Å². The van der Waals surface area contributed by atoms with E-state index in [0.717, 1.165) is 5.56 Å². The first-order chi connectivity index (χ1) is 12.5. The molecular formula is C19H21ClN4O2. The van der Waals surface area contributed by atoms with Gasteiger partial charge < -0.3 is 15.1 Å². The Morgan fingerprint density at radius 3 is 2.54 bits per heavy atom. The molecule has 0 fully saturated rings. The highest BCUT2D eigenvalue weighted by molar-refractivity contribution is 6.30. The predicted molar refractivity (Wildman–Crippen MR) is 100 cm³/mol. The number of halogens is 1. The molecule has 2 N–H and O–H groups in total. The Labute approximate surface area is 157 Å². The van der Waals surface area contributed by atoms with Crippen molar-refractivity contribution in [2.24, 2.45) is 0 Å². The zero-order valence-corrected chi connectivity index (χ0v) is 15.4. The Hall–Kier alpha value is -2.25. The van der Waals surface area contributed by atoms with Gasteiger partial charge in [0.25, 0.3) is 0 Å². The quantitative estimate of drug-likeness (QED) is 0.695. The van der Waals surface area contributed by atoms with E-state index in [4.69, 9.17) is 11.6 Å². The van der Waals surface area contributed by atoms with Gasteiger partial charge in [0.2, 0.25) is 0 Å². The van der Waals surface area contributed by atoms with Crippen molar-refractivity contribution in [3.8, 4) is 5.69 Å². The van der Waals surface area contributed by atoms with E-state index in [1.54, 1.807) is 22.9 Å². The first-order valence-electron chi connectivity index (χ1n) is 8.23. The van der Waals surface area contributed by atoms with E-state index in [2.05, 4.69) is 10.1 Å². The topological polar surface area (TPSA) is 74.4 Å². The number of benzene rings is 2. The van der Waals surface area contributed by atoms with E-state index < -0.39 is 6.10 Å². The molecule has 2 aromatic carbocycles. The van der Waals surface area contributed by atoms with Gasteiger partial charge in [0, 0.05) is 10.6 Å². The lowest BCUT2D eigenvalue weighted by molar-refractivity contribution is 0.220. The van der Waals surface area contributed by atoms with Crippen LogP contribution >= 0.6 is 11.6 Å². The second kappa shape index (κ2) is 7.97. The summed E-state index contributed by atoms with van der Waals surface area (Å²) in [4.78, 5) is 6.35. The molecule has 3 rings (SSSR count). The highest BCUT2D eigenvalue weighted by Crippen LogP contribution is 2.30. The lowest BCUT2D eigenvalue weighted by atomic mass is 10.00. The van der Waals surface area contributed by atoms with Crippen molar-refractivity contribution in [2.45, 2.75) is 19.3 Å². The lowest BCUT2D eigenvalue weighted by Gasteiger charge is -2.18. The molecular weight excluding hydrogens is 352 g/mol. The third kappa shape index (κ3) is 3.94. The first kappa shape index (κ1) is 18.5. The summed E-state index contributed by atoms with van der Waals surface area (Å²) in [6.07, 6.45) is -0.862. The summed E-state index contributed by atoms with van der Waals surface area (Å²) in [6.45, 7) is 0.286. The summed E-state index contributed by atoms with van der Waals surface area (Å²) in [5.74, 6) is 1.000. The molecule has 7 heteroatoms. The van der Waals surface area contributed by atoms with Gasteiger partial charge >= 0.3 is 0 Å². The number of rotatable bonds is 6. The van der Waals surface area contributed by atoms with Gasteiger partial charge in [-0.3, -0.25) is 0 Å². The Balaban J connectivity index is 2.13. The van der Waals surface area contributed by atoms with Gasteiger partial charge in [-0.15, -0.1) is 5.10 Å². The number of aliphatic hydroxyl groups is 2. The maximum atomic E-state index is 10.9. The van der Waals surface area contributed by atoms with Crippen LogP contribution in [0.15, 0.2) is 48.5 Å². The number of nitrogens with zero attached hydrogens (tertiary/aromatic N) is 4. The standard InChI is InChI=1S/C19H21ClN4O2/c1-23(2)11-18-21-17(12-25)22-24(18)16-9-8-14(20)10-15(16)19(26)13-6-4-3-5-7-13/h3-10,19,25-26H,11-12H2,1-2H3. The molecule has 0 aliphatic heterocycles. The first-order valence-corrected chi connectivity index (χ1v) is 8.60. The van der Waals surface area contributed by atoms with Crippen LogP contribution in [-0.4, -0.2) is 44.0 Å². The zero-order valence-electron chi connectivity index (χ0n) is 14.7. The highest BCUT2D eigenvalue weighted by atomic mass is 35.5. The van der Waals surface area contributed by atoms with Gasteiger partial charge in [-0.25, -0.2) is 9.67 Å². The van der Waals surface area contributed by atoms with E-state index in [1.165, 1.54) is 0 Å². The normalized spacial score (nSPS) is 12.5. The van der Waals surface area contributed by atoms with E-state index in [-0.39, 0.29) is 6.61 Å². The van der Waals surface area contributed by atoms with Crippen LogP contribution in [0.4, 0.5) is 0 Å². The minimum atomic E-state index is -0.862. The monoisotopic (exact) mass is 372 g/mol. The van der Waals surface area contributed by atoms with Crippen LogP contribution in [-0.2, 0) is 13.2 Å². The van der Waals surface area contributed by atoms with Gasteiger partial charge in [-0.1, -0.05) is 41.9 Å². The van der Waals surface area contributed by atoms with Crippen molar-refractivity contribution in [1.82, 2.24) is 19.7 Å². The molecule has 1 aromatic heterocycles. The molecule has 1 heterocycles. The maximum absolute atomic E-state index is 10.9. The van der Waals surface area contributed by atoms with E-state index in [9.17, 15) is 10.2 Å². The van der Waals surface area contributed by atoms with Crippen molar-refractivity contribution in [1.29, 1.82) is 0 Å². The van der Waals surface area contributed by atoms with Crippen molar-refractivity contribution < 1.29 is 10.2 Å². The number of aliphatic hydroxyl groups excluding tert-OH is 2. The second-order valence-corrected chi connectivity index (χ2v) is 6.70. The number of aromatic nitrogens is 3. The molecule has 3 aromatic rings. The molecule has 0 amide bonds. The average Bonchev–Trinajstić information content (AvgIpc) is 3.03. The molecule has 26 heavy (non-hydrogen) atoms. The molecule has 0 aliphatic rings. The summed E-state index contributed by atoms with van der Waals surface area (Å²) >= 11 is 6.19. The van der Waals surface area contributed by atoms with Crippen LogP contribution in [0.5, 0.6) is 0 Å². The molecule has 6 nitrogen and oxygen atoms in total. The zero-order chi connectivity index (χ0) is 18.7. The van der Waals surface area contributed by atoms with Gasteiger partial charge in [-0.05, 0) is 37.9 Å². The third-order valence-corrected chi connectivity index (χ3v) is 4.18. The fourth-order valence-corrected chi connectivity index (χ4v) is 2.97. The number of hydrogen-bond donors (Lipinski definition) is 2. The van der Waals surface area contributed by atoms with Crippen LogP contribution in [0.2, 0.25) is 5.02 Å². The number of hydrogen-bond acceptors (Lipinski definition) is 5. The highest BCUT2D eigenvalue weighted by Gasteiger charge is 2.20. The fourth-order valence-electron chi connectivity index (χ4n) is 2.79. The van der Waals surface area contributed by atoms with Crippen molar-refractivity contribution >= 4 is 11.6 Å². The average molecular weight is 373 g/mol. The predicted octanol–water partition coefficient (Wildman–Crippen LogP) is 2.56. The summed E-state index contributed by atoms with van der Waals surface area (Å²) in [6, 6.07) is 14.6. The Kier molecular flexibility index (Phi) is 5.68. The van der Waals surface area contributed by atoms with Crippen LogP contribution in [0.1, 0.15) is 28.9 Å². The smallest absolute Gasteiger partial charge is 0.176 e. The van der Waals surface area contributed by atoms with Crippen LogP contribution in [0, 0.1) is 0 Å². The Bertz CT molecular complexity index is 881. The molecule has 1 unspecified atom stereocenters. The van der Waals surface area contributed by atoms with Crippen LogP contribution in [0.25, 0.3) is 5.69 Å². The Morgan fingerprint density at radius 2 is 1.88 bits per heavy atom. The second-order valence-electron chi connectivity index (χ2n) is 6.27. The summed E-state index contributed by atoms with van der Waals surface area (Å²) in [5.41, 5.74) is 2.06. The van der Waals surface area contributed by atoms with Gasteiger partial charge in [-0.2, -0.15) is 0 Å². The lowest BCUT2D eigenvalue weighted by Crippen LogP contribution is -2.17. The van der Waals surface area contributed by atoms with E-state index in [0.29, 0.717) is 34.5 Å². The molecule has 0 aliphatic carbocycles. The van der Waals surface area contributed by atoms with Crippen LogP contribution < -0.4 is 0 Å². The molecule has 0 spiro atoms. The SMILES string of the molecule is CN(C)Cc1nc(CO)nn1-c1ccc(Cl)cc1C(O)c1ccccc1. The van der Waals surface area contributed by atoms with E-state index in [1.807, 2.05) is 49.3 Å². The van der Waals surface area contributed by atoms with E-state index >= 15 is 0 Å². The summed E-state index contributed by atoms with van der Waals surface area (Å²) in [5, 5.41) is 25.3. The maximum Gasteiger partial charge on any atom is 0.176 e. The third-order valence-electron chi connectivity index (χ3n) is 3.94. The van der Waals surface area contributed by atoms with Gasteiger partial charge in [0.1, 0.15) is 18.5 Å².